The number of carbonyl (C=O) groups excluding carboxylic acids is 2. The predicted octanol–water partition coefficient (Wildman–Crippen LogP) is 2.86. The molecular weight excluding hydrogens is 458 g/mol. The van der Waals surface area contributed by atoms with E-state index in [1.807, 2.05) is 0 Å². The highest BCUT2D eigenvalue weighted by atomic mass is 79.9. The summed E-state index contributed by atoms with van der Waals surface area (Å²) in [5.41, 5.74) is 3.11. The van der Waals surface area contributed by atoms with Crippen LogP contribution in [0, 0.1) is 0 Å². The van der Waals surface area contributed by atoms with Crippen LogP contribution < -0.4 is 10.1 Å². The summed E-state index contributed by atoms with van der Waals surface area (Å²) >= 11 is 4.74. The first-order valence-corrected chi connectivity index (χ1v) is 11.2. The van der Waals surface area contributed by atoms with E-state index in [1.54, 1.807) is 35.7 Å². The highest BCUT2D eigenvalue weighted by molar-refractivity contribution is 9.10. The molecule has 4 rings (SSSR count). The van der Waals surface area contributed by atoms with E-state index < -0.39 is 6.10 Å². The largest absolute Gasteiger partial charge is 0.496 e. The van der Waals surface area contributed by atoms with Crippen molar-refractivity contribution in [2.45, 2.75) is 37.3 Å². The smallest absolute Gasteiger partial charge is 0.263 e. The zero-order valence-corrected chi connectivity index (χ0v) is 18.3. The minimum atomic E-state index is -1.25. The maximum absolute atomic E-state index is 12.7. The molecule has 2 N–H and O–H groups in total. The monoisotopic (exact) mass is 479 g/mol. The number of aromatic nitrogens is 1. The Morgan fingerprint density at radius 3 is 2.86 bits per heavy atom. The molecule has 1 saturated carbocycles. The summed E-state index contributed by atoms with van der Waals surface area (Å²) in [4.78, 5) is 32.0. The van der Waals surface area contributed by atoms with Crippen molar-refractivity contribution in [3.05, 3.63) is 44.3 Å². The summed E-state index contributed by atoms with van der Waals surface area (Å²) in [7, 11) is 1.56. The van der Waals surface area contributed by atoms with Crippen LogP contribution in [0.15, 0.2) is 28.2 Å². The van der Waals surface area contributed by atoms with Gasteiger partial charge in [-0.25, -0.2) is 4.98 Å². The number of hydrogen-bond donors (Lipinski definition) is 2. The van der Waals surface area contributed by atoms with Gasteiger partial charge in [-0.3, -0.25) is 9.59 Å². The molecule has 0 bridgehead atoms. The van der Waals surface area contributed by atoms with E-state index in [9.17, 15) is 14.7 Å². The number of aliphatic hydroxyl groups is 1. The van der Waals surface area contributed by atoms with E-state index in [2.05, 4.69) is 26.2 Å². The third kappa shape index (κ3) is 4.31. The highest BCUT2D eigenvalue weighted by Gasteiger charge is 2.34. The lowest BCUT2D eigenvalue weighted by molar-refractivity contribution is -0.139. The van der Waals surface area contributed by atoms with Crippen molar-refractivity contribution in [1.29, 1.82) is 0 Å². The van der Waals surface area contributed by atoms with Gasteiger partial charge in [-0.15, -0.1) is 11.3 Å². The van der Waals surface area contributed by atoms with Crippen molar-refractivity contribution in [3.8, 4) is 5.75 Å². The van der Waals surface area contributed by atoms with E-state index in [4.69, 9.17) is 4.74 Å². The van der Waals surface area contributed by atoms with Crippen LogP contribution in [0.4, 0.5) is 0 Å². The van der Waals surface area contributed by atoms with E-state index >= 15 is 0 Å². The van der Waals surface area contributed by atoms with Gasteiger partial charge in [0.1, 0.15) is 10.6 Å². The molecule has 1 saturated heterocycles. The van der Waals surface area contributed by atoms with Gasteiger partial charge in [0, 0.05) is 25.0 Å². The van der Waals surface area contributed by atoms with Crippen LogP contribution in [0.1, 0.15) is 52.2 Å². The van der Waals surface area contributed by atoms with E-state index in [1.165, 1.54) is 11.3 Å². The number of benzene rings is 1. The molecule has 2 aliphatic rings. The molecule has 1 aliphatic heterocycles. The summed E-state index contributed by atoms with van der Waals surface area (Å²) < 4.78 is 5.85. The minimum Gasteiger partial charge on any atom is -0.496 e. The summed E-state index contributed by atoms with van der Waals surface area (Å²) in [5, 5.41) is 13.5. The number of methoxy groups -OCH3 is 1. The van der Waals surface area contributed by atoms with E-state index in [0.717, 1.165) is 18.5 Å². The van der Waals surface area contributed by atoms with Crippen molar-refractivity contribution in [1.82, 2.24) is 15.2 Å². The fourth-order valence-corrected chi connectivity index (χ4v) is 4.91. The number of likely N-dealkylation sites (tertiary alicyclic amines) is 1. The lowest BCUT2D eigenvalue weighted by Crippen LogP contribution is -2.39. The van der Waals surface area contributed by atoms with Crippen molar-refractivity contribution in [2.75, 3.05) is 20.2 Å². The first-order valence-electron chi connectivity index (χ1n) is 9.52. The number of carbonyl (C=O) groups is 2. The average Bonchev–Trinajstić information content (AvgIpc) is 3.25. The molecule has 2 aromatic rings. The van der Waals surface area contributed by atoms with Gasteiger partial charge in [0.25, 0.3) is 11.8 Å². The van der Waals surface area contributed by atoms with Gasteiger partial charge in [0.05, 0.1) is 22.8 Å². The number of hydrogen-bond acceptors (Lipinski definition) is 6. The average molecular weight is 480 g/mol. The molecule has 29 heavy (non-hydrogen) atoms. The van der Waals surface area contributed by atoms with Crippen LogP contribution in [-0.4, -0.2) is 53.0 Å². The van der Waals surface area contributed by atoms with Crippen LogP contribution >= 0.6 is 27.3 Å². The van der Waals surface area contributed by atoms with Gasteiger partial charge in [0.2, 0.25) is 0 Å². The molecule has 2 heterocycles. The minimum absolute atomic E-state index is 0.117. The fourth-order valence-electron chi connectivity index (χ4n) is 3.57. The third-order valence-electron chi connectivity index (χ3n) is 5.33. The number of rotatable bonds is 6. The van der Waals surface area contributed by atoms with Gasteiger partial charge in [-0.05, 0) is 52.9 Å². The second kappa shape index (κ2) is 8.41. The molecule has 7 nitrogen and oxygen atoms in total. The Bertz CT molecular complexity index is 930. The number of halogens is 1. The summed E-state index contributed by atoms with van der Waals surface area (Å²) in [6.07, 6.45) is 1.59. The quantitative estimate of drug-likeness (QED) is 0.664. The van der Waals surface area contributed by atoms with Crippen LogP contribution in [0.25, 0.3) is 0 Å². The second-order valence-corrected chi connectivity index (χ2v) is 9.09. The van der Waals surface area contributed by atoms with Gasteiger partial charge < -0.3 is 20.1 Å². The number of thiazole rings is 1. The molecule has 9 heteroatoms. The second-order valence-electron chi connectivity index (χ2n) is 7.38. The summed E-state index contributed by atoms with van der Waals surface area (Å²) in [6.45, 7) is 0.882. The molecule has 1 aromatic heterocycles. The Morgan fingerprint density at radius 1 is 1.38 bits per heavy atom. The number of ether oxygens (including phenoxy) is 1. The van der Waals surface area contributed by atoms with Gasteiger partial charge in [0.15, 0.2) is 6.10 Å². The number of aliphatic hydroxyl groups excluding tert-OH is 1. The lowest BCUT2D eigenvalue weighted by Gasteiger charge is -2.21. The molecule has 1 unspecified atom stereocenters. The molecule has 154 valence electrons. The summed E-state index contributed by atoms with van der Waals surface area (Å²) in [5.74, 6) is 0.567. The van der Waals surface area contributed by atoms with Crippen LogP contribution in [0.2, 0.25) is 0 Å². The Labute approximate surface area is 181 Å². The normalized spacial score (nSPS) is 19.8. The highest BCUT2D eigenvalue weighted by Crippen LogP contribution is 2.41. The van der Waals surface area contributed by atoms with E-state index in [-0.39, 0.29) is 17.9 Å². The molecule has 1 aromatic carbocycles. The van der Waals surface area contributed by atoms with Gasteiger partial charge in [-0.2, -0.15) is 0 Å². The zero-order valence-electron chi connectivity index (χ0n) is 15.9. The van der Waals surface area contributed by atoms with Crippen molar-refractivity contribution >= 4 is 39.1 Å². The van der Waals surface area contributed by atoms with Crippen molar-refractivity contribution < 1.29 is 19.4 Å². The van der Waals surface area contributed by atoms with E-state index in [0.29, 0.717) is 46.1 Å². The predicted molar refractivity (Wildman–Crippen MR) is 112 cm³/mol. The van der Waals surface area contributed by atoms with Crippen LogP contribution in [-0.2, 0) is 4.79 Å². The van der Waals surface area contributed by atoms with Crippen LogP contribution in [0.5, 0.6) is 5.75 Å². The Hall–Kier alpha value is -1.97. The molecule has 2 fully saturated rings. The maximum Gasteiger partial charge on any atom is 0.263 e. The Morgan fingerprint density at radius 2 is 2.17 bits per heavy atom. The first kappa shape index (κ1) is 20.3. The molecular formula is C20H22BrN3O4S. The zero-order chi connectivity index (χ0) is 20.5. The fraction of sp³-hybridized carbons (Fsp3) is 0.450. The molecule has 0 spiro atoms. The SMILES string of the molecule is COc1ccc(C(O)C(=O)N2CC[C@@H](NC(=O)c3scnc3C3CC3)C2)cc1Br. The third-order valence-corrected chi connectivity index (χ3v) is 6.79. The number of amides is 2. The summed E-state index contributed by atoms with van der Waals surface area (Å²) in [6, 6.07) is 4.93. The number of nitrogens with one attached hydrogen (secondary N) is 1. The van der Waals surface area contributed by atoms with Crippen LogP contribution in [0.3, 0.4) is 0 Å². The Balaban J connectivity index is 1.36. The molecule has 1 aliphatic carbocycles. The first-order chi connectivity index (χ1) is 14.0. The maximum atomic E-state index is 12.7. The van der Waals surface area contributed by atoms with Crippen molar-refractivity contribution in [3.63, 3.8) is 0 Å². The molecule has 2 atom stereocenters. The standard InChI is InChI=1S/C20H22BrN3O4S/c1-28-15-5-4-12(8-14(15)21)17(25)20(27)24-7-6-13(9-24)23-19(26)18-16(11-2-3-11)22-10-29-18/h4-5,8,10-11,13,17,25H,2-3,6-7,9H2,1H3,(H,23,26)/t13-,17?/m1/s1. The Kier molecular flexibility index (Phi) is 5.89. The number of nitrogens with zero attached hydrogens (tertiary/aromatic N) is 2. The van der Waals surface area contributed by atoms with Gasteiger partial charge >= 0.3 is 0 Å². The topological polar surface area (TPSA) is 91.8 Å². The molecule has 0 radical (unpaired) electrons. The van der Waals surface area contributed by atoms with Gasteiger partial charge in [-0.1, -0.05) is 6.07 Å². The lowest BCUT2D eigenvalue weighted by atomic mass is 10.1. The molecule has 2 amide bonds. The van der Waals surface area contributed by atoms with Crippen molar-refractivity contribution in [2.24, 2.45) is 0 Å².